The normalized spacial score (nSPS) is 11.1. The predicted octanol–water partition coefficient (Wildman–Crippen LogP) is 4.35. The fraction of sp³-hybridized carbons (Fsp3) is 0.0800. The van der Waals surface area contributed by atoms with Gasteiger partial charge >= 0.3 is 0 Å². The van der Waals surface area contributed by atoms with Gasteiger partial charge in [0.25, 0.3) is 0 Å². The smallest absolute Gasteiger partial charge is 0.150 e. The molecule has 0 bridgehead atoms. The van der Waals surface area contributed by atoms with Crippen molar-refractivity contribution in [1.82, 2.24) is 24.8 Å². The lowest BCUT2D eigenvalue weighted by atomic mass is 10.1. The van der Waals surface area contributed by atoms with Crippen molar-refractivity contribution >= 4 is 16.9 Å². The maximum atomic E-state index is 6.26. The minimum absolute atomic E-state index is 0.482. The van der Waals surface area contributed by atoms with Gasteiger partial charge in [-0.15, -0.1) is 0 Å². The van der Waals surface area contributed by atoms with Gasteiger partial charge in [0.1, 0.15) is 12.1 Å². The van der Waals surface area contributed by atoms with Gasteiger partial charge in [0.15, 0.2) is 5.65 Å². The summed E-state index contributed by atoms with van der Waals surface area (Å²) < 4.78 is 2.08. The maximum absolute atomic E-state index is 6.26. The topological polar surface area (TPSA) is 81.6 Å². The van der Waals surface area contributed by atoms with Crippen LogP contribution in [0.2, 0.25) is 0 Å². The first-order valence-corrected chi connectivity index (χ1v) is 10.2. The van der Waals surface area contributed by atoms with E-state index in [1.807, 2.05) is 42.6 Å². The highest BCUT2D eigenvalue weighted by Gasteiger charge is 2.16. The Hall–Kier alpha value is -4.03. The Morgan fingerprint density at radius 1 is 0.839 bits per heavy atom. The van der Waals surface area contributed by atoms with Crippen molar-refractivity contribution in [2.75, 3.05) is 5.73 Å². The van der Waals surface area contributed by atoms with Crippen molar-refractivity contribution < 1.29 is 0 Å². The summed E-state index contributed by atoms with van der Waals surface area (Å²) in [5, 5.41) is 4.32. The molecule has 0 atom stereocenters. The quantitative estimate of drug-likeness (QED) is 0.438. The molecular formula is C25H22N6. The highest BCUT2D eigenvalue weighted by Crippen LogP contribution is 2.34. The molecule has 0 unspecified atom stereocenters. The first-order chi connectivity index (χ1) is 15.3. The van der Waals surface area contributed by atoms with E-state index in [0.29, 0.717) is 5.82 Å². The molecule has 152 valence electrons. The number of benzene rings is 2. The number of pyridine rings is 1. The van der Waals surface area contributed by atoms with Crippen LogP contribution in [0.15, 0.2) is 91.5 Å². The number of nitrogens with zero attached hydrogens (tertiary/aromatic N) is 4. The van der Waals surface area contributed by atoms with Crippen LogP contribution in [0.5, 0.6) is 0 Å². The Morgan fingerprint density at radius 3 is 2.55 bits per heavy atom. The van der Waals surface area contributed by atoms with Gasteiger partial charge in [-0.3, -0.25) is 4.98 Å². The fourth-order valence-corrected chi connectivity index (χ4v) is 3.77. The van der Waals surface area contributed by atoms with Crippen molar-refractivity contribution in [3.05, 3.63) is 103 Å². The van der Waals surface area contributed by atoms with Gasteiger partial charge in [-0.2, -0.15) is 0 Å². The van der Waals surface area contributed by atoms with Gasteiger partial charge < -0.3 is 15.6 Å². The largest absolute Gasteiger partial charge is 0.383 e. The Morgan fingerprint density at radius 2 is 1.71 bits per heavy atom. The Bertz CT molecular complexity index is 1310. The summed E-state index contributed by atoms with van der Waals surface area (Å²) in [6.45, 7) is 1.46. The van der Waals surface area contributed by atoms with Crippen LogP contribution >= 0.6 is 0 Å². The standard InChI is InChI=1S/C25H22N6/c26-24-23-22(19-8-2-1-3-9-19)16-31(25(23)30-17-29-24)21-11-6-7-18(13-21)14-27-15-20-10-4-5-12-28-20/h1-13,16-17,27H,14-15H2,(H2,26,29,30). The van der Waals surface area contributed by atoms with Gasteiger partial charge in [0.2, 0.25) is 0 Å². The molecule has 5 rings (SSSR count). The summed E-state index contributed by atoms with van der Waals surface area (Å²) in [5.74, 6) is 0.482. The number of nitrogen functional groups attached to an aromatic ring is 1. The van der Waals surface area contributed by atoms with Crippen LogP contribution in [0.25, 0.3) is 27.8 Å². The molecule has 3 heterocycles. The summed E-state index contributed by atoms with van der Waals surface area (Å²) in [4.78, 5) is 13.1. The van der Waals surface area contributed by atoms with Gasteiger partial charge in [0, 0.05) is 36.7 Å². The number of fused-ring (bicyclic) bond motifs is 1. The molecule has 3 N–H and O–H groups in total. The first-order valence-electron chi connectivity index (χ1n) is 10.2. The van der Waals surface area contributed by atoms with E-state index in [0.717, 1.165) is 46.6 Å². The molecule has 0 saturated heterocycles. The second-order valence-corrected chi connectivity index (χ2v) is 7.33. The van der Waals surface area contributed by atoms with Crippen LogP contribution in [0.3, 0.4) is 0 Å². The van der Waals surface area contributed by atoms with E-state index in [2.05, 4.69) is 67.4 Å². The number of hydrogen-bond donors (Lipinski definition) is 2. The highest BCUT2D eigenvalue weighted by molar-refractivity contribution is 6.01. The van der Waals surface area contributed by atoms with Crippen molar-refractivity contribution in [2.45, 2.75) is 13.1 Å². The van der Waals surface area contributed by atoms with Gasteiger partial charge in [-0.1, -0.05) is 48.5 Å². The number of aromatic nitrogens is 4. The van der Waals surface area contributed by atoms with Crippen molar-refractivity contribution in [3.63, 3.8) is 0 Å². The predicted molar refractivity (Wildman–Crippen MR) is 123 cm³/mol. The number of hydrogen-bond acceptors (Lipinski definition) is 5. The van der Waals surface area contributed by atoms with Crippen LogP contribution in [-0.4, -0.2) is 19.5 Å². The van der Waals surface area contributed by atoms with Crippen LogP contribution in [0, 0.1) is 0 Å². The average Bonchev–Trinajstić information content (AvgIpc) is 3.22. The van der Waals surface area contributed by atoms with Crippen LogP contribution < -0.4 is 11.1 Å². The average molecular weight is 406 g/mol. The summed E-state index contributed by atoms with van der Waals surface area (Å²) in [6.07, 6.45) is 5.42. The third-order valence-corrected chi connectivity index (χ3v) is 5.25. The molecule has 2 aromatic carbocycles. The molecule has 0 radical (unpaired) electrons. The molecule has 0 amide bonds. The molecule has 0 spiro atoms. The monoisotopic (exact) mass is 406 g/mol. The molecule has 0 fully saturated rings. The Labute approximate surface area is 180 Å². The zero-order valence-electron chi connectivity index (χ0n) is 16.9. The third kappa shape index (κ3) is 3.89. The minimum atomic E-state index is 0.482. The van der Waals surface area contributed by atoms with E-state index >= 15 is 0 Å². The zero-order valence-corrected chi connectivity index (χ0v) is 16.9. The molecule has 5 aromatic rings. The zero-order chi connectivity index (χ0) is 21.0. The number of nitrogens with two attached hydrogens (primary N) is 1. The van der Waals surface area contributed by atoms with Gasteiger partial charge in [0.05, 0.1) is 11.1 Å². The summed E-state index contributed by atoms with van der Waals surface area (Å²) >= 11 is 0. The fourth-order valence-electron chi connectivity index (χ4n) is 3.77. The van der Waals surface area contributed by atoms with E-state index in [1.165, 1.54) is 11.9 Å². The number of anilines is 1. The second-order valence-electron chi connectivity index (χ2n) is 7.33. The van der Waals surface area contributed by atoms with Crippen molar-refractivity contribution in [3.8, 4) is 16.8 Å². The van der Waals surface area contributed by atoms with E-state index < -0.39 is 0 Å². The van der Waals surface area contributed by atoms with Crippen LogP contribution in [-0.2, 0) is 13.1 Å². The van der Waals surface area contributed by atoms with Gasteiger partial charge in [-0.25, -0.2) is 9.97 Å². The van der Waals surface area contributed by atoms with Crippen molar-refractivity contribution in [1.29, 1.82) is 0 Å². The molecular weight excluding hydrogens is 384 g/mol. The first kappa shape index (κ1) is 19.0. The lowest BCUT2D eigenvalue weighted by Crippen LogP contribution is -2.13. The van der Waals surface area contributed by atoms with Crippen molar-refractivity contribution in [2.24, 2.45) is 0 Å². The molecule has 6 nitrogen and oxygen atoms in total. The summed E-state index contributed by atoms with van der Waals surface area (Å²) in [5.41, 5.74) is 12.4. The molecule has 0 aliphatic heterocycles. The van der Waals surface area contributed by atoms with Gasteiger partial charge in [-0.05, 0) is 35.4 Å². The SMILES string of the molecule is Nc1ncnc2c1c(-c1ccccc1)cn2-c1cccc(CNCc2ccccn2)c1. The molecule has 31 heavy (non-hydrogen) atoms. The lowest BCUT2D eigenvalue weighted by molar-refractivity contribution is 0.679. The number of rotatable bonds is 6. The minimum Gasteiger partial charge on any atom is -0.383 e. The lowest BCUT2D eigenvalue weighted by Gasteiger charge is -2.09. The molecule has 0 saturated carbocycles. The van der Waals surface area contributed by atoms with Crippen LogP contribution in [0.4, 0.5) is 5.82 Å². The summed E-state index contributed by atoms with van der Waals surface area (Å²) in [7, 11) is 0. The molecule has 0 aliphatic carbocycles. The van der Waals surface area contributed by atoms with E-state index in [4.69, 9.17) is 5.73 Å². The second kappa shape index (κ2) is 8.38. The summed E-state index contributed by atoms with van der Waals surface area (Å²) in [6, 6.07) is 24.6. The Balaban J connectivity index is 1.48. The van der Waals surface area contributed by atoms with E-state index in [9.17, 15) is 0 Å². The molecule has 0 aliphatic rings. The highest BCUT2D eigenvalue weighted by atomic mass is 15.1. The number of nitrogens with one attached hydrogen (secondary N) is 1. The van der Waals surface area contributed by atoms with E-state index in [1.54, 1.807) is 0 Å². The van der Waals surface area contributed by atoms with Crippen LogP contribution in [0.1, 0.15) is 11.3 Å². The van der Waals surface area contributed by atoms with E-state index in [-0.39, 0.29) is 0 Å². The third-order valence-electron chi connectivity index (χ3n) is 5.25. The molecule has 3 aromatic heterocycles. The maximum Gasteiger partial charge on any atom is 0.150 e. The Kier molecular flexibility index (Phi) is 5.12. The molecule has 6 heteroatoms.